The Morgan fingerprint density at radius 3 is 2.27 bits per heavy atom. The number of carboxylic acids is 1. The molecule has 4 rings (SSSR count). The predicted molar refractivity (Wildman–Crippen MR) is 149 cm³/mol. The maximum absolute atomic E-state index is 13.0. The molecule has 3 aromatic carbocycles. The van der Waals surface area contributed by atoms with E-state index in [1.807, 2.05) is 37.3 Å². The molecule has 9 nitrogen and oxygen atoms in total. The summed E-state index contributed by atoms with van der Waals surface area (Å²) in [6.45, 7) is 5.49. The van der Waals surface area contributed by atoms with Crippen molar-refractivity contribution in [3.8, 4) is 28.7 Å². The van der Waals surface area contributed by atoms with Crippen molar-refractivity contribution in [1.29, 1.82) is 0 Å². The molecule has 1 N–H and O–H groups in total. The van der Waals surface area contributed by atoms with Crippen molar-refractivity contribution in [3.05, 3.63) is 109 Å². The molecule has 0 aliphatic carbocycles. The highest BCUT2D eigenvalue weighted by Crippen LogP contribution is 2.27. The number of rotatable bonds is 12. The number of carbonyl (C=O) groups is 2. The van der Waals surface area contributed by atoms with Crippen LogP contribution < -0.4 is 14.2 Å². The summed E-state index contributed by atoms with van der Waals surface area (Å²) in [5.74, 6) is 1.60. The average molecular weight is 543 g/mol. The maximum Gasteiger partial charge on any atom is 0.416 e. The molecule has 1 unspecified atom stereocenters. The molecule has 0 aliphatic heterocycles. The Bertz CT molecular complexity index is 1430. The maximum atomic E-state index is 13.0. The molecule has 4 aromatic rings. The summed E-state index contributed by atoms with van der Waals surface area (Å²) in [7, 11) is 1.53. The average Bonchev–Trinajstić information content (AvgIpc) is 3.34. The van der Waals surface area contributed by atoms with Crippen LogP contribution in [0.4, 0.5) is 4.79 Å². The molecule has 0 saturated heterocycles. The van der Waals surface area contributed by atoms with Gasteiger partial charge in [0.05, 0.1) is 25.5 Å². The van der Waals surface area contributed by atoms with Crippen molar-refractivity contribution < 1.29 is 33.3 Å². The van der Waals surface area contributed by atoms with Crippen molar-refractivity contribution in [2.45, 2.75) is 19.4 Å². The first-order valence-corrected chi connectivity index (χ1v) is 12.6. The fourth-order valence-corrected chi connectivity index (χ4v) is 4.06. The van der Waals surface area contributed by atoms with E-state index in [-0.39, 0.29) is 5.75 Å². The number of hydrogen-bond donors (Lipinski definition) is 1. The van der Waals surface area contributed by atoms with Gasteiger partial charge in [0.1, 0.15) is 29.6 Å². The van der Waals surface area contributed by atoms with Crippen molar-refractivity contribution in [2.24, 2.45) is 0 Å². The first-order chi connectivity index (χ1) is 19.4. The summed E-state index contributed by atoms with van der Waals surface area (Å²) < 4.78 is 22.2. The highest BCUT2D eigenvalue weighted by Gasteiger charge is 2.27. The van der Waals surface area contributed by atoms with Crippen molar-refractivity contribution >= 4 is 12.1 Å². The van der Waals surface area contributed by atoms with Gasteiger partial charge in [0.25, 0.3) is 0 Å². The lowest BCUT2D eigenvalue weighted by molar-refractivity contribution is -0.138. The Morgan fingerprint density at radius 1 is 1.00 bits per heavy atom. The van der Waals surface area contributed by atoms with E-state index in [0.29, 0.717) is 36.0 Å². The number of aryl methyl sites for hydroxylation is 1. The lowest BCUT2D eigenvalue weighted by atomic mass is 10.1. The SMILES string of the molecule is C=CC(c1ccc(OCCc2nc(-c3ccccc3)oc2C)cc1)N(CC(=O)O)C(=O)Oc1ccc(OC)cc1. The smallest absolute Gasteiger partial charge is 0.416 e. The van der Waals surface area contributed by atoms with E-state index in [9.17, 15) is 14.7 Å². The summed E-state index contributed by atoms with van der Waals surface area (Å²) in [6.07, 6.45) is 1.23. The first kappa shape index (κ1) is 28.0. The Kier molecular flexibility index (Phi) is 9.19. The third-order valence-electron chi connectivity index (χ3n) is 6.11. The largest absolute Gasteiger partial charge is 0.497 e. The monoisotopic (exact) mass is 542 g/mol. The molecule has 0 aliphatic rings. The molecule has 0 spiro atoms. The number of aromatic nitrogens is 1. The molecular formula is C31H30N2O7. The first-order valence-electron chi connectivity index (χ1n) is 12.6. The highest BCUT2D eigenvalue weighted by molar-refractivity contribution is 5.78. The second kappa shape index (κ2) is 13.1. The summed E-state index contributed by atoms with van der Waals surface area (Å²) in [6, 6.07) is 22.4. The van der Waals surface area contributed by atoms with Crippen LogP contribution in [0, 0.1) is 6.92 Å². The zero-order valence-corrected chi connectivity index (χ0v) is 22.3. The summed E-state index contributed by atoms with van der Waals surface area (Å²) in [4.78, 5) is 30.2. The second-order valence-corrected chi connectivity index (χ2v) is 8.80. The van der Waals surface area contributed by atoms with Crippen LogP contribution in [-0.2, 0) is 11.2 Å². The quantitative estimate of drug-likeness (QED) is 0.214. The molecule has 1 amide bonds. The topological polar surface area (TPSA) is 111 Å². The second-order valence-electron chi connectivity index (χ2n) is 8.80. The number of benzene rings is 3. The highest BCUT2D eigenvalue weighted by atomic mass is 16.6. The number of oxazole rings is 1. The zero-order valence-electron chi connectivity index (χ0n) is 22.3. The third-order valence-corrected chi connectivity index (χ3v) is 6.11. The van der Waals surface area contributed by atoms with Gasteiger partial charge in [-0.2, -0.15) is 0 Å². The molecule has 1 heterocycles. The molecule has 1 atom stereocenters. The number of ether oxygens (including phenoxy) is 3. The fraction of sp³-hybridized carbons (Fsp3) is 0.194. The van der Waals surface area contributed by atoms with Gasteiger partial charge in [0.2, 0.25) is 5.89 Å². The van der Waals surface area contributed by atoms with Crippen molar-refractivity contribution in [2.75, 3.05) is 20.3 Å². The van der Waals surface area contributed by atoms with Gasteiger partial charge in [0, 0.05) is 12.0 Å². The fourth-order valence-electron chi connectivity index (χ4n) is 4.06. The Hall–Kier alpha value is -5.05. The van der Waals surface area contributed by atoms with Crippen molar-refractivity contribution in [3.63, 3.8) is 0 Å². The normalized spacial score (nSPS) is 11.3. The number of hydrogen-bond acceptors (Lipinski definition) is 7. The number of aliphatic carboxylic acids is 1. The van der Waals surface area contributed by atoms with E-state index in [4.69, 9.17) is 18.6 Å². The van der Waals surface area contributed by atoms with Gasteiger partial charge in [-0.1, -0.05) is 36.4 Å². The molecule has 206 valence electrons. The predicted octanol–water partition coefficient (Wildman–Crippen LogP) is 6.09. The van der Waals surface area contributed by atoms with Crippen LogP contribution in [0.3, 0.4) is 0 Å². The van der Waals surface area contributed by atoms with E-state index in [1.165, 1.54) is 13.2 Å². The van der Waals surface area contributed by atoms with Crippen LogP contribution in [0.25, 0.3) is 11.5 Å². The van der Waals surface area contributed by atoms with Crippen LogP contribution in [-0.4, -0.2) is 47.3 Å². The van der Waals surface area contributed by atoms with Crippen LogP contribution in [0.2, 0.25) is 0 Å². The summed E-state index contributed by atoms with van der Waals surface area (Å²) in [5, 5.41) is 9.45. The number of carboxylic acid groups (broad SMARTS) is 1. The lowest BCUT2D eigenvalue weighted by Crippen LogP contribution is -2.39. The van der Waals surface area contributed by atoms with Gasteiger partial charge in [-0.05, 0) is 61.0 Å². The van der Waals surface area contributed by atoms with E-state index in [1.54, 1.807) is 48.5 Å². The van der Waals surface area contributed by atoms with Gasteiger partial charge < -0.3 is 23.7 Å². The zero-order chi connectivity index (χ0) is 28.5. The number of nitrogens with zero attached hydrogens (tertiary/aromatic N) is 2. The van der Waals surface area contributed by atoms with Crippen LogP contribution >= 0.6 is 0 Å². The van der Waals surface area contributed by atoms with Crippen LogP contribution in [0.1, 0.15) is 23.1 Å². The number of carbonyl (C=O) groups excluding carboxylic acids is 1. The number of amides is 1. The molecule has 0 saturated carbocycles. The standard InChI is InChI=1S/C31H30N2O7/c1-4-28(33(20-29(34)35)31(36)40-26-16-14-24(37-3)15-17-26)22-10-12-25(13-11-22)38-19-18-27-21(2)39-30(32-27)23-8-6-5-7-9-23/h4-17,28H,1,18-20H2,2-3H3,(H,34,35). The van der Waals surface area contributed by atoms with Gasteiger partial charge >= 0.3 is 12.1 Å². The van der Waals surface area contributed by atoms with Crippen molar-refractivity contribution in [1.82, 2.24) is 9.88 Å². The minimum absolute atomic E-state index is 0.256. The molecular weight excluding hydrogens is 512 g/mol. The van der Waals surface area contributed by atoms with Gasteiger partial charge in [-0.15, -0.1) is 6.58 Å². The Labute approximate surface area is 232 Å². The third kappa shape index (κ3) is 7.08. The van der Waals surface area contributed by atoms with Crippen LogP contribution in [0.5, 0.6) is 17.2 Å². The van der Waals surface area contributed by atoms with E-state index in [2.05, 4.69) is 11.6 Å². The van der Waals surface area contributed by atoms with Gasteiger partial charge in [0.15, 0.2) is 0 Å². The minimum atomic E-state index is -1.18. The van der Waals surface area contributed by atoms with E-state index >= 15 is 0 Å². The van der Waals surface area contributed by atoms with Gasteiger partial charge in [-0.25, -0.2) is 9.78 Å². The summed E-state index contributed by atoms with van der Waals surface area (Å²) >= 11 is 0. The molecule has 9 heteroatoms. The van der Waals surface area contributed by atoms with E-state index in [0.717, 1.165) is 21.9 Å². The van der Waals surface area contributed by atoms with E-state index < -0.39 is 24.6 Å². The minimum Gasteiger partial charge on any atom is -0.497 e. The summed E-state index contributed by atoms with van der Waals surface area (Å²) in [5.41, 5.74) is 2.38. The molecule has 0 fully saturated rings. The Balaban J connectivity index is 1.39. The number of methoxy groups -OCH3 is 1. The van der Waals surface area contributed by atoms with Gasteiger partial charge in [-0.3, -0.25) is 9.69 Å². The molecule has 40 heavy (non-hydrogen) atoms. The lowest BCUT2D eigenvalue weighted by Gasteiger charge is -2.28. The molecule has 1 aromatic heterocycles. The Morgan fingerprint density at radius 2 is 1.65 bits per heavy atom. The van der Waals surface area contributed by atoms with Crippen LogP contribution in [0.15, 0.2) is 95.9 Å². The molecule has 0 bridgehead atoms. The molecule has 0 radical (unpaired) electrons.